The highest BCUT2D eigenvalue weighted by atomic mass is 16.5. The van der Waals surface area contributed by atoms with Gasteiger partial charge in [0.25, 0.3) is 0 Å². The summed E-state index contributed by atoms with van der Waals surface area (Å²) in [5.41, 5.74) is 2.05. The van der Waals surface area contributed by atoms with Crippen molar-refractivity contribution in [3.63, 3.8) is 0 Å². The van der Waals surface area contributed by atoms with Crippen molar-refractivity contribution in [1.82, 2.24) is 15.5 Å². The maximum atomic E-state index is 12.8. The van der Waals surface area contributed by atoms with E-state index in [1.165, 1.54) is 7.11 Å². The van der Waals surface area contributed by atoms with Crippen LogP contribution in [0, 0.1) is 5.92 Å². The first kappa shape index (κ1) is 21.8. The van der Waals surface area contributed by atoms with E-state index >= 15 is 0 Å². The number of amides is 2. The molecule has 31 heavy (non-hydrogen) atoms. The van der Waals surface area contributed by atoms with Crippen LogP contribution < -0.4 is 10.6 Å². The maximum Gasteiger partial charge on any atom is 0.408 e. The molecule has 0 fully saturated rings. The van der Waals surface area contributed by atoms with E-state index in [1.54, 1.807) is 18.2 Å². The molecular weight excluding hydrogens is 400 g/mol. The highest BCUT2D eigenvalue weighted by Gasteiger charge is 2.25. The molecule has 0 aliphatic rings. The molecule has 0 saturated heterocycles. The van der Waals surface area contributed by atoms with Crippen LogP contribution >= 0.6 is 0 Å². The molecule has 0 radical (unpaired) electrons. The lowest BCUT2D eigenvalue weighted by molar-refractivity contribution is -0.119. The second-order valence-corrected chi connectivity index (χ2v) is 7.24. The third-order valence-electron chi connectivity index (χ3n) is 4.64. The summed E-state index contributed by atoms with van der Waals surface area (Å²) in [6.07, 6.45) is -0.684. The minimum Gasteiger partial charge on any atom is -0.464 e. The van der Waals surface area contributed by atoms with Gasteiger partial charge in [0.05, 0.1) is 12.6 Å². The van der Waals surface area contributed by atoms with Crippen LogP contribution in [-0.2, 0) is 20.9 Å². The van der Waals surface area contributed by atoms with Crippen molar-refractivity contribution in [3.05, 3.63) is 59.8 Å². The van der Waals surface area contributed by atoms with Gasteiger partial charge in [-0.1, -0.05) is 44.2 Å². The number of methoxy groups -OCH3 is 1. The van der Waals surface area contributed by atoms with Crippen LogP contribution in [0.15, 0.2) is 48.5 Å². The molecule has 0 bridgehead atoms. The summed E-state index contributed by atoms with van der Waals surface area (Å²) in [7, 11) is 1.27. The van der Waals surface area contributed by atoms with Gasteiger partial charge in [0, 0.05) is 11.1 Å². The van der Waals surface area contributed by atoms with Crippen LogP contribution in [0.3, 0.4) is 0 Å². The predicted molar refractivity (Wildman–Crippen MR) is 114 cm³/mol. The Kier molecular flexibility index (Phi) is 6.86. The number of carbonyl (C=O) groups is 3. The third-order valence-corrected chi connectivity index (χ3v) is 4.64. The number of alkyl carbamates (subject to hydrolysis) is 1. The van der Waals surface area contributed by atoms with E-state index in [2.05, 4.69) is 20.8 Å². The van der Waals surface area contributed by atoms with Crippen LogP contribution in [-0.4, -0.2) is 41.3 Å². The molecule has 9 nitrogen and oxygen atoms in total. The largest absolute Gasteiger partial charge is 0.464 e. The molecule has 1 aromatic heterocycles. The van der Waals surface area contributed by atoms with Gasteiger partial charge >= 0.3 is 12.1 Å². The van der Waals surface area contributed by atoms with E-state index in [9.17, 15) is 14.4 Å². The number of rotatable bonds is 7. The zero-order valence-electron chi connectivity index (χ0n) is 17.5. The van der Waals surface area contributed by atoms with Gasteiger partial charge in [-0.3, -0.25) is 9.89 Å². The smallest absolute Gasteiger partial charge is 0.408 e. The number of hydrogen-bond donors (Lipinski definition) is 3. The molecule has 2 aromatic carbocycles. The summed E-state index contributed by atoms with van der Waals surface area (Å²) < 4.78 is 9.94. The van der Waals surface area contributed by atoms with E-state index in [0.717, 1.165) is 5.56 Å². The SMILES string of the molecule is COC(=O)c1n[nH]c2ccc(NC(=O)[C@H](NC(=O)OCc3ccccc3)C(C)C)cc12. The molecule has 3 rings (SSSR count). The van der Waals surface area contributed by atoms with E-state index < -0.39 is 24.0 Å². The average molecular weight is 424 g/mol. The number of benzene rings is 2. The van der Waals surface area contributed by atoms with Crippen molar-refractivity contribution in [3.8, 4) is 0 Å². The Labute approximate surface area is 179 Å². The Bertz CT molecular complexity index is 1080. The number of carbonyl (C=O) groups excluding carboxylic acids is 3. The molecule has 2 amide bonds. The summed E-state index contributed by atoms with van der Waals surface area (Å²) in [5, 5.41) is 12.6. The van der Waals surface area contributed by atoms with E-state index in [1.807, 2.05) is 44.2 Å². The monoisotopic (exact) mass is 424 g/mol. The highest BCUT2D eigenvalue weighted by molar-refractivity contribution is 6.04. The Morgan fingerprint density at radius 2 is 1.84 bits per heavy atom. The first-order valence-electron chi connectivity index (χ1n) is 9.73. The minimum absolute atomic E-state index is 0.104. The summed E-state index contributed by atoms with van der Waals surface area (Å²) in [6.45, 7) is 3.74. The van der Waals surface area contributed by atoms with E-state index in [4.69, 9.17) is 9.47 Å². The Morgan fingerprint density at radius 3 is 2.52 bits per heavy atom. The molecule has 9 heteroatoms. The van der Waals surface area contributed by atoms with E-state index in [0.29, 0.717) is 16.6 Å². The predicted octanol–water partition coefficient (Wildman–Crippen LogP) is 3.24. The number of fused-ring (bicyclic) bond motifs is 1. The van der Waals surface area contributed by atoms with Gasteiger partial charge in [-0.05, 0) is 29.7 Å². The molecule has 0 aliphatic heterocycles. The first-order chi connectivity index (χ1) is 14.9. The van der Waals surface area contributed by atoms with Gasteiger partial charge in [-0.25, -0.2) is 9.59 Å². The van der Waals surface area contributed by atoms with Gasteiger partial charge in [-0.2, -0.15) is 5.10 Å². The Hall–Kier alpha value is -3.88. The number of hydrogen-bond acceptors (Lipinski definition) is 6. The van der Waals surface area contributed by atoms with Gasteiger partial charge in [0.2, 0.25) is 5.91 Å². The second kappa shape index (κ2) is 9.75. The first-order valence-corrected chi connectivity index (χ1v) is 9.73. The number of aromatic nitrogens is 2. The van der Waals surface area contributed by atoms with Crippen LogP contribution in [0.25, 0.3) is 10.9 Å². The van der Waals surface area contributed by atoms with Gasteiger partial charge < -0.3 is 20.1 Å². The van der Waals surface area contributed by atoms with Crippen molar-refractivity contribution in [1.29, 1.82) is 0 Å². The van der Waals surface area contributed by atoms with Crippen LogP contribution in [0.5, 0.6) is 0 Å². The zero-order valence-corrected chi connectivity index (χ0v) is 17.5. The van der Waals surface area contributed by atoms with Gasteiger partial charge in [0.15, 0.2) is 5.69 Å². The molecule has 3 aromatic rings. The number of H-pyrrole nitrogens is 1. The highest BCUT2D eigenvalue weighted by Crippen LogP contribution is 2.22. The number of nitrogens with one attached hydrogen (secondary N) is 3. The summed E-state index contributed by atoms with van der Waals surface area (Å²) in [4.78, 5) is 36.9. The van der Waals surface area contributed by atoms with Crippen LogP contribution in [0.1, 0.15) is 29.9 Å². The fourth-order valence-electron chi connectivity index (χ4n) is 2.99. The number of aromatic amines is 1. The third kappa shape index (κ3) is 5.39. The lowest BCUT2D eigenvalue weighted by Crippen LogP contribution is -2.47. The Morgan fingerprint density at radius 1 is 1.10 bits per heavy atom. The molecule has 1 atom stereocenters. The van der Waals surface area contributed by atoms with Crippen molar-refractivity contribution >= 4 is 34.6 Å². The average Bonchev–Trinajstić information content (AvgIpc) is 3.19. The van der Waals surface area contributed by atoms with Gasteiger partial charge in [-0.15, -0.1) is 0 Å². The number of anilines is 1. The van der Waals surface area contributed by atoms with Crippen molar-refractivity contribution in [2.45, 2.75) is 26.5 Å². The fourth-order valence-corrected chi connectivity index (χ4v) is 2.99. The number of nitrogens with zero attached hydrogens (tertiary/aromatic N) is 1. The maximum absolute atomic E-state index is 12.8. The summed E-state index contributed by atoms with van der Waals surface area (Å²) >= 11 is 0. The van der Waals surface area contributed by atoms with E-state index in [-0.39, 0.29) is 18.2 Å². The lowest BCUT2D eigenvalue weighted by atomic mass is 10.0. The molecule has 0 spiro atoms. The van der Waals surface area contributed by atoms with Crippen LogP contribution in [0.4, 0.5) is 10.5 Å². The molecule has 0 aliphatic carbocycles. The fraction of sp³-hybridized carbons (Fsp3) is 0.273. The lowest BCUT2D eigenvalue weighted by Gasteiger charge is -2.21. The van der Waals surface area contributed by atoms with Crippen molar-refractivity contribution in [2.75, 3.05) is 12.4 Å². The van der Waals surface area contributed by atoms with Crippen LogP contribution in [0.2, 0.25) is 0 Å². The number of esters is 1. The van der Waals surface area contributed by atoms with Gasteiger partial charge in [0.1, 0.15) is 12.6 Å². The standard InChI is InChI=1S/C22H24N4O5/c1-13(2)18(24-22(29)31-12-14-7-5-4-6-8-14)20(27)23-15-9-10-17-16(11-15)19(26-25-17)21(28)30-3/h4-11,13,18H,12H2,1-3H3,(H,23,27)(H,24,29)(H,25,26)/t18-/m1/s1. The Balaban J connectivity index is 1.67. The molecule has 0 unspecified atom stereocenters. The normalized spacial score (nSPS) is 11.7. The summed E-state index contributed by atoms with van der Waals surface area (Å²) in [6, 6.07) is 13.4. The second-order valence-electron chi connectivity index (χ2n) is 7.24. The van der Waals surface area contributed by atoms with Crippen molar-refractivity contribution in [2.24, 2.45) is 5.92 Å². The number of ether oxygens (including phenoxy) is 2. The minimum atomic E-state index is -0.816. The molecule has 0 saturated carbocycles. The summed E-state index contributed by atoms with van der Waals surface area (Å²) in [5.74, 6) is -1.18. The zero-order chi connectivity index (χ0) is 22.4. The topological polar surface area (TPSA) is 122 Å². The van der Waals surface area contributed by atoms with Crippen molar-refractivity contribution < 1.29 is 23.9 Å². The molecule has 1 heterocycles. The molecular formula is C22H24N4O5. The molecule has 3 N–H and O–H groups in total. The molecule has 162 valence electrons. The quantitative estimate of drug-likeness (QED) is 0.501.